The minimum Gasteiger partial charge on any atom is -0.462 e. The number of phosphoric acid groups is 2. The van der Waals surface area contributed by atoms with Gasteiger partial charge < -0.3 is 45.1 Å². The zero-order valence-electron chi connectivity index (χ0n) is 42.8. The van der Waals surface area contributed by atoms with Crippen LogP contribution in [0.25, 0.3) is 0 Å². The lowest BCUT2D eigenvalue weighted by Gasteiger charge is -2.21. The average Bonchev–Trinajstić information content (AvgIpc) is 3.62. The maximum absolute atomic E-state index is 12.9. The first-order chi connectivity index (χ1) is 35.1. The second-order valence-corrected chi connectivity index (χ2v) is 20.6. The monoisotopic (exact) mass is 1070 g/mol. The number of anilines is 1. The van der Waals surface area contributed by atoms with Crippen LogP contribution in [-0.4, -0.2) is 96.9 Å². The molecular formula is C52H83N3O16P2. The van der Waals surface area contributed by atoms with Gasteiger partial charge in [-0.15, -0.1) is 0 Å². The van der Waals surface area contributed by atoms with Gasteiger partial charge in [-0.2, -0.15) is 9.29 Å². The smallest absolute Gasteiger partial charge is 0.462 e. The number of nitrogen functional groups attached to an aromatic ring is 1. The summed E-state index contributed by atoms with van der Waals surface area (Å²) in [5, 5.41) is 31.0. The maximum Gasteiger partial charge on any atom is 0.481 e. The molecule has 0 amide bonds. The van der Waals surface area contributed by atoms with E-state index < -0.39 is 89.8 Å². The van der Waals surface area contributed by atoms with Crippen molar-refractivity contribution < 1.29 is 71.4 Å². The molecule has 21 heteroatoms. The van der Waals surface area contributed by atoms with E-state index in [1.807, 2.05) is 36.5 Å². The van der Waals surface area contributed by atoms with Crippen LogP contribution in [0, 0.1) is 0 Å². The van der Waals surface area contributed by atoms with Crippen LogP contribution in [0.2, 0.25) is 0 Å². The summed E-state index contributed by atoms with van der Waals surface area (Å²) in [6.45, 7) is 1.93. The van der Waals surface area contributed by atoms with Crippen molar-refractivity contribution in [3.63, 3.8) is 0 Å². The number of aromatic nitrogens is 2. The summed E-state index contributed by atoms with van der Waals surface area (Å²) < 4.78 is 56.7. The molecule has 0 radical (unpaired) electrons. The van der Waals surface area contributed by atoms with Crippen LogP contribution in [0.5, 0.6) is 0 Å². The number of esters is 2. The summed E-state index contributed by atoms with van der Waals surface area (Å²) in [7, 11) is -10.9. The molecule has 1 aliphatic rings. The highest BCUT2D eigenvalue weighted by molar-refractivity contribution is 7.61. The fraction of sp³-hybridized carbons (Fsp3) is 0.615. The van der Waals surface area contributed by atoms with Gasteiger partial charge in [0.2, 0.25) is 0 Å². The van der Waals surface area contributed by atoms with Crippen LogP contribution < -0.4 is 11.4 Å². The summed E-state index contributed by atoms with van der Waals surface area (Å²) in [6, 6.07) is 1.24. The van der Waals surface area contributed by atoms with E-state index in [0.717, 1.165) is 68.6 Å². The van der Waals surface area contributed by atoms with Gasteiger partial charge in [-0.05, 0) is 89.5 Å². The maximum atomic E-state index is 12.9. The molecule has 73 heavy (non-hydrogen) atoms. The van der Waals surface area contributed by atoms with E-state index in [0.29, 0.717) is 32.1 Å². The number of unbranched alkanes of at least 4 members (excludes halogenated alkanes) is 11. The van der Waals surface area contributed by atoms with Crippen LogP contribution >= 0.6 is 15.6 Å². The van der Waals surface area contributed by atoms with Crippen molar-refractivity contribution in [3.05, 3.63) is 108 Å². The Kier molecular flexibility index (Phi) is 35.0. The van der Waals surface area contributed by atoms with E-state index >= 15 is 0 Å². The number of hydrogen-bond donors (Lipinski definition) is 6. The van der Waals surface area contributed by atoms with Crippen LogP contribution in [-0.2, 0) is 46.3 Å². The van der Waals surface area contributed by atoms with Gasteiger partial charge in [-0.25, -0.2) is 13.9 Å². The van der Waals surface area contributed by atoms with Crippen LogP contribution in [0.4, 0.5) is 5.82 Å². The molecule has 1 aromatic rings. The van der Waals surface area contributed by atoms with Crippen LogP contribution in [0.1, 0.15) is 155 Å². The Morgan fingerprint density at radius 3 is 1.93 bits per heavy atom. The van der Waals surface area contributed by atoms with Gasteiger partial charge >= 0.3 is 33.3 Å². The SMILES string of the molecule is CCCCC/C=C\C=C/[C@H](O)C/C=C\C/C=C/CCCC(=O)O[C@H](COC(=O)CCCCCC/C=C\C/C=C\C/C=C\CCCCC)COP(=O)(O)OP(=O)(O)OC[C@H]1O[C@@H](n2ccc(N)nc2=O)[C@H](O)[C@@H]1O. The highest BCUT2D eigenvalue weighted by atomic mass is 31.3. The minimum absolute atomic E-state index is 0.0694. The molecule has 0 saturated carbocycles. The summed E-state index contributed by atoms with van der Waals surface area (Å²) in [6.07, 6.45) is 38.3. The standard InChI is InChI=1S/C52H83N3O16P2/c1-3-5-7-9-11-12-13-14-15-16-17-18-19-20-24-28-32-36-47(57)66-40-44(69-48(58)37-33-29-25-21-23-27-31-35-43(56)34-30-26-22-10-8-6-4-2)41-67-72(62,63)71-73(64,65)68-42-45-49(59)50(60)51(70-45)55-39-38-46(53)54-52(55)61/h11-12,14-15,17-18,21-22,25-27,30-31,34,38-39,43-45,49-51,56,59-60H,3-10,13,16,19-20,23-24,28-29,32-33,35-37,40-42H2,1-2H3,(H,62,63)(H,64,65)(H2,53,54,61)/b12-11-,15-14-,18-17-,25-21+,26-22-,31-27-,34-30-/t43-,44+,45+,49+,50+,51+/m0/s1. The van der Waals surface area contributed by atoms with Crippen LogP contribution in [0.3, 0.4) is 0 Å². The number of aliphatic hydroxyl groups excluding tert-OH is 3. The molecule has 2 heterocycles. The summed E-state index contributed by atoms with van der Waals surface area (Å²) in [5.41, 5.74) is 4.57. The van der Waals surface area contributed by atoms with Crippen molar-refractivity contribution in [2.24, 2.45) is 0 Å². The lowest BCUT2D eigenvalue weighted by Crippen LogP contribution is -2.36. The lowest BCUT2D eigenvalue weighted by molar-refractivity contribution is -0.161. The third-order valence-corrected chi connectivity index (χ3v) is 13.6. The lowest BCUT2D eigenvalue weighted by atomic mass is 10.1. The number of ether oxygens (including phenoxy) is 3. The van der Waals surface area contributed by atoms with Gasteiger partial charge in [0.05, 0.1) is 19.3 Å². The number of carbonyl (C=O) groups excluding carboxylic acids is 2. The Labute approximate surface area is 431 Å². The third kappa shape index (κ3) is 32.1. The normalized spacial score (nSPS) is 20.1. The minimum atomic E-state index is -5.46. The molecule has 0 spiro atoms. The topological polar surface area (TPSA) is 286 Å². The Balaban J connectivity index is 1.86. The molecule has 7 N–H and O–H groups in total. The van der Waals surface area contributed by atoms with E-state index in [2.05, 4.69) is 65.7 Å². The fourth-order valence-corrected chi connectivity index (χ4v) is 9.09. The van der Waals surface area contributed by atoms with Gasteiger partial charge in [0.25, 0.3) is 0 Å². The van der Waals surface area contributed by atoms with E-state index in [1.54, 1.807) is 6.08 Å². The second-order valence-electron chi connectivity index (χ2n) is 17.5. The zero-order chi connectivity index (χ0) is 53.6. The molecule has 0 bridgehead atoms. The number of carbonyl (C=O) groups is 2. The number of nitrogens with zero attached hydrogens (tertiary/aromatic N) is 2. The molecule has 2 rings (SSSR count). The van der Waals surface area contributed by atoms with E-state index in [9.17, 15) is 48.6 Å². The average molecular weight is 1070 g/mol. The first-order valence-corrected chi connectivity index (χ1v) is 28.7. The van der Waals surface area contributed by atoms with Crippen LogP contribution in [0.15, 0.2) is 102 Å². The number of phosphoric ester groups is 2. The Bertz CT molecular complexity index is 2070. The Hall–Kier alpha value is -4.10. The van der Waals surface area contributed by atoms with E-state index in [1.165, 1.54) is 38.2 Å². The molecule has 0 aromatic carbocycles. The highest BCUT2D eigenvalue weighted by Gasteiger charge is 2.46. The zero-order valence-corrected chi connectivity index (χ0v) is 44.6. The summed E-state index contributed by atoms with van der Waals surface area (Å²) in [4.78, 5) is 61.9. The van der Waals surface area contributed by atoms with E-state index in [4.69, 9.17) is 29.0 Å². The molecule has 8 atom stereocenters. The van der Waals surface area contributed by atoms with Gasteiger partial charge in [-0.1, -0.05) is 137 Å². The van der Waals surface area contributed by atoms with Crippen molar-refractivity contribution in [1.29, 1.82) is 0 Å². The molecule has 2 unspecified atom stereocenters. The number of allylic oxidation sites excluding steroid dienone is 12. The predicted molar refractivity (Wildman–Crippen MR) is 281 cm³/mol. The largest absolute Gasteiger partial charge is 0.481 e. The molecule has 1 saturated heterocycles. The summed E-state index contributed by atoms with van der Waals surface area (Å²) >= 11 is 0. The van der Waals surface area contributed by atoms with Crippen molar-refractivity contribution in [2.75, 3.05) is 25.6 Å². The molecule has 1 aliphatic heterocycles. The van der Waals surface area contributed by atoms with Crippen molar-refractivity contribution in [1.82, 2.24) is 9.55 Å². The fourth-order valence-electron chi connectivity index (χ4n) is 6.98. The van der Waals surface area contributed by atoms with Crippen molar-refractivity contribution >= 4 is 33.4 Å². The third-order valence-electron chi connectivity index (χ3n) is 11.0. The number of rotatable bonds is 41. The first-order valence-electron chi connectivity index (χ1n) is 25.7. The molecule has 1 aromatic heterocycles. The Morgan fingerprint density at radius 1 is 0.726 bits per heavy atom. The first kappa shape index (κ1) is 65.0. The van der Waals surface area contributed by atoms with E-state index in [-0.39, 0.29) is 18.7 Å². The molecule has 0 aliphatic carbocycles. The molecule has 412 valence electrons. The van der Waals surface area contributed by atoms with Crippen molar-refractivity contribution in [3.8, 4) is 0 Å². The molecular weight excluding hydrogens is 985 g/mol. The van der Waals surface area contributed by atoms with Gasteiger partial charge in [0.15, 0.2) is 12.3 Å². The predicted octanol–water partition coefficient (Wildman–Crippen LogP) is 9.64. The number of hydrogen-bond acceptors (Lipinski definition) is 16. The number of nitrogens with two attached hydrogens (primary N) is 1. The highest BCUT2D eigenvalue weighted by Crippen LogP contribution is 2.60. The van der Waals surface area contributed by atoms with Gasteiger partial charge in [0, 0.05) is 19.0 Å². The van der Waals surface area contributed by atoms with Gasteiger partial charge in [0.1, 0.15) is 30.7 Å². The quantitative estimate of drug-likeness (QED) is 0.0117. The molecule has 19 nitrogen and oxygen atoms in total. The van der Waals surface area contributed by atoms with Gasteiger partial charge in [-0.3, -0.25) is 23.2 Å². The summed E-state index contributed by atoms with van der Waals surface area (Å²) in [5.74, 6) is -1.44. The number of aliphatic hydroxyl groups is 3. The second kappa shape index (κ2) is 39.3. The Morgan fingerprint density at radius 2 is 1.29 bits per heavy atom. The van der Waals surface area contributed by atoms with Crippen molar-refractivity contribution in [2.45, 2.75) is 185 Å². The molecule has 1 fully saturated rings.